The van der Waals surface area contributed by atoms with E-state index in [1.807, 2.05) is 0 Å². The van der Waals surface area contributed by atoms with Crippen molar-refractivity contribution < 1.29 is 24.2 Å². The van der Waals surface area contributed by atoms with Gasteiger partial charge in [-0.1, -0.05) is 15.9 Å². The lowest BCUT2D eigenvalue weighted by atomic mass is 10.2. The maximum absolute atomic E-state index is 12.2. The molecule has 116 valence electrons. The number of esters is 1. The number of phenolic OH excluding ortho intramolecular Hbond substituents is 1. The van der Waals surface area contributed by atoms with Gasteiger partial charge in [-0.25, -0.2) is 0 Å². The number of hydrogen-bond acceptors (Lipinski definition) is 6. The van der Waals surface area contributed by atoms with Crippen LogP contribution in [0.15, 0.2) is 27.6 Å². The van der Waals surface area contributed by atoms with Crippen LogP contribution in [-0.2, 0) is 14.3 Å². The maximum atomic E-state index is 12.2. The number of aromatic hydroxyl groups is 1. The first-order valence-electron chi connectivity index (χ1n) is 6.32. The van der Waals surface area contributed by atoms with Gasteiger partial charge >= 0.3 is 5.97 Å². The van der Waals surface area contributed by atoms with Crippen molar-refractivity contribution in [3.05, 3.63) is 33.1 Å². The predicted octanol–water partition coefficient (Wildman–Crippen LogP) is 2.75. The van der Waals surface area contributed by atoms with Gasteiger partial charge in [-0.2, -0.15) is 0 Å². The smallest absolute Gasteiger partial charge is 0.326 e. The summed E-state index contributed by atoms with van der Waals surface area (Å²) in [6.07, 6.45) is 1.41. The van der Waals surface area contributed by atoms with Crippen LogP contribution in [0.5, 0.6) is 5.75 Å². The van der Waals surface area contributed by atoms with E-state index in [9.17, 15) is 19.5 Å². The summed E-state index contributed by atoms with van der Waals surface area (Å²) >= 11 is 3.98. The Labute approximate surface area is 139 Å². The predicted molar refractivity (Wildman–Crippen MR) is 85.1 cm³/mol. The zero-order valence-electron chi connectivity index (χ0n) is 11.5. The molecule has 2 amide bonds. The minimum Gasteiger partial charge on any atom is -0.507 e. The Hall–Kier alpha value is -1.80. The quantitative estimate of drug-likeness (QED) is 0.633. The number of benzene rings is 1. The Balaban J connectivity index is 2.22. The highest BCUT2D eigenvalue weighted by atomic mass is 79.9. The zero-order valence-corrected chi connectivity index (χ0v) is 13.9. The number of carbonyl (C=O) groups excluding carboxylic acids is 3. The Morgan fingerprint density at radius 2 is 2.18 bits per heavy atom. The third-order valence-corrected chi connectivity index (χ3v) is 4.14. The summed E-state index contributed by atoms with van der Waals surface area (Å²) in [7, 11) is 0. The molecule has 1 aliphatic heterocycles. The van der Waals surface area contributed by atoms with Crippen molar-refractivity contribution in [1.82, 2.24) is 4.90 Å². The SMILES string of the molecule is CCOC(=O)CN1C(=O)S/C(=C\c2cc(Br)ccc2O)C1=O. The van der Waals surface area contributed by atoms with Gasteiger partial charge in [0.15, 0.2) is 0 Å². The van der Waals surface area contributed by atoms with E-state index in [1.165, 1.54) is 12.1 Å². The van der Waals surface area contributed by atoms with Crippen molar-refractivity contribution in [2.75, 3.05) is 13.2 Å². The molecule has 1 saturated heterocycles. The highest BCUT2D eigenvalue weighted by Gasteiger charge is 2.36. The minimum atomic E-state index is -0.642. The van der Waals surface area contributed by atoms with E-state index >= 15 is 0 Å². The molecule has 0 unspecified atom stereocenters. The second-order valence-corrected chi connectivity index (χ2v) is 6.18. The molecule has 8 heteroatoms. The van der Waals surface area contributed by atoms with Crippen LogP contribution in [-0.4, -0.2) is 40.3 Å². The average Bonchev–Trinajstić information content (AvgIpc) is 2.71. The zero-order chi connectivity index (χ0) is 16.3. The van der Waals surface area contributed by atoms with E-state index in [4.69, 9.17) is 4.74 Å². The number of rotatable bonds is 4. The molecule has 0 atom stereocenters. The lowest BCUT2D eigenvalue weighted by molar-refractivity contribution is -0.145. The lowest BCUT2D eigenvalue weighted by Gasteiger charge is -2.10. The van der Waals surface area contributed by atoms with Crippen LogP contribution in [0.3, 0.4) is 0 Å². The summed E-state index contributed by atoms with van der Waals surface area (Å²) in [4.78, 5) is 36.4. The molecule has 1 heterocycles. The number of imide groups is 1. The van der Waals surface area contributed by atoms with E-state index < -0.39 is 23.7 Å². The van der Waals surface area contributed by atoms with Crippen molar-refractivity contribution in [2.45, 2.75) is 6.92 Å². The van der Waals surface area contributed by atoms with Gasteiger partial charge in [-0.15, -0.1) is 0 Å². The van der Waals surface area contributed by atoms with Crippen LogP contribution < -0.4 is 0 Å². The van der Waals surface area contributed by atoms with Crippen molar-refractivity contribution in [1.29, 1.82) is 0 Å². The van der Waals surface area contributed by atoms with Gasteiger partial charge in [0.25, 0.3) is 11.1 Å². The second kappa shape index (κ2) is 6.97. The summed E-state index contributed by atoms with van der Waals surface area (Å²) in [5.74, 6) is -1.24. The highest BCUT2D eigenvalue weighted by Crippen LogP contribution is 2.34. The van der Waals surface area contributed by atoms with E-state index in [2.05, 4.69) is 15.9 Å². The highest BCUT2D eigenvalue weighted by molar-refractivity contribution is 9.10. The summed E-state index contributed by atoms with van der Waals surface area (Å²) in [5.41, 5.74) is 0.399. The molecule has 0 aliphatic carbocycles. The maximum Gasteiger partial charge on any atom is 0.326 e. The third kappa shape index (κ3) is 3.69. The molecule has 0 spiro atoms. The Kier molecular flexibility index (Phi) is 5.25. The van der Waals surface area contributed by atoms with Crippen molar-refractivity contribution in [2.24, 2.45) is 0 Å². The number of hydrogen-bond donors (Lipinski definition) is 1. The van der Waals surface area contributed by atoms with Gasteiger partial charge in [-0.3, -0.25) is 19.3 Å². The van der Waals surface area contributed by atoms with Gasteiger partial charge in [0.05, 0.1) is 11.5 Å². The normalized spacial score (nSPS) is 16.5. The summed E-state index contributed by atoms with van der Waals surface area (Å²) in [6, 6.07) is 4.74. The second-order valence-electron chi connectivity index (χ2n) is 4.28. The Morgan fingerprint density at radius 1 is 1.45 bits per heavy atom. The number of thioether (sulfide) groups is 1. The fraction of sp³-hybridized carbons (Fsp3) is 0.214. The molecule has 1 aromatic rings. The Morgan fingerprint density at radius 3 is 2.86 bits per heavy atom. The summed E-state index contributed by atoms with van der Waals surface area (Å²) < 4.78 is 5.45. The van der Waals surface area contributed by atoms with E-state index in [0.29, 0.717) is 17.3 Å². The first-order chi connectivity index (χ1) is 10.4. The largest absolute Gasteiger partial charge is 0.507 e. The average molecular weight is 386 g/mol. The number of ether oxygens (including phenoxy) is 1. The van der Waals surface area contributed by atoms with E-state index in [-0.39, 0.29) is 17.3 Å². The first kappa shape index (κ1) is 16.6. The van der Waals surface area contributed by atoms with Crippen LogP contribution in [0, 0.1) is 0 Å². The van der Waals surface area contributed by atoms with Gasteiger partial charge < -0.3 is 9.84 Å². The lowest BCUT2D eigenvalue weighted by Crippen LogP contribution is -2.34. The molecule has 22 heavy (non-hydrogen) atoms. The number of carbonyl (C=O) groups is 3. The molecule has 6 nitrogen and oxygen atoms in total. The van der Waals surface area contributed by atoms with Gasteiger partial charge in [0.1, 0.15) is 12.3 Å². The van der Waals surface area contributed by atoms with Crippen LogP contribution in [0.1, 0.15) is 12.5 Å². The molecule has 1 fully saturated rings. The molecular formula is C14H12BrNO5S. The van der Waals surface area contributed by atoms with E-state index in [0.717, 1.165) is 9.37 Å². The fourth-order valence-corrected chi connectivity index (χ4v) is 2.96. The van der Waals surface area contributed by atoms with Crippen molar-refractivity contribution in [3.8, 4) is 5.75 Å². The van der Waals surface area contributed by atoms with Crippen molar-refractivity contribution in [3.63, 3.8) is 0 Å². The monoisotopic (exact) mass is 385 g/mol. The molecule has 0 saturated carbocycles. The molecule has 1 N–H and O–H groups in total. The van der Waals surface area contributed by atoms with Crippen molar-refractivity contribution >= 4 is 50.9 Å². The van der Waals surface area contributed by atoms with Gasteiger partial charge in [0.2, 0.25) is 0 Å². The van der Waals surface area contributed by atoms with Gasteiger partial charge in [0, 0.05) is 10.0 Å². The number of nitrogens with zero attached hydrogens (tertiary/aromatic N) is 1. The Bertz CT molecular complexity index is 673. The fourth-order valence-electron chi connectivity index (χ4n) is 1.75. The van der Waals surface area contributed by atoms with Crippen LogP contribution in [0.25, 0.3) is 6.08 Å². The number of phenols is 1. The minimum absolute atomic E-state index is 0.0135. The number of halogens is 1. The summed E-state index contributed by atoms with van der Waals surface area (Å²) in [6.45, 7) is 1.40. The standard InChI is InChI=1S/C14H12BrNO5S/c1-2-21-12(18)7-16-13(19)11(22-14(16)20)6-8-5-9(15)3-4-10(8)17/h3-6,17H,2,7H2,1H3/b11-6-. The third-order valence-electron chi connectivity index (χ3n) is 2.74. The molecular weight excluding hydrogens is 374 g/mol. The van der Waals surface area contributed by atoms with Crippen LogP contribution in [0.4, 0.5) is 4.79 Å². The van der Waals surface area contributed by atoms with Crippen LogP contribution >= 0.6 is 27.7 Å². The molecule has 0 bridgehead atoms. The molecule has 1 aliphatic rings. The first-order valence-corrected chi connectivity index (χ1v) is 7.92. The number of amides is 2. The molecule has 2 rings (SSSR count). The van der Waals surface area contributed by atoms with E-state index in [1.54, 1.807) is 19.1 Å². The molecule has 0 radical (unpaired) electrons. The summed E-state index contributed by atoms with van der Waals surface area (Å²) in [5, 5.41) is 9.23. The van der Waals surface area contributed by atoms with Gasteiger partial charge in [-0.05, 0) is 43.0 Å². The molecule has 1 aromatic carbocycles. The molecule has 0 aromatic heterocycles. The topological polar surface area (TPSA) is 83.9 Å². The van der Waals surface area contributed by atoms with Crippen LogP contribution in [0.2, 0.25) is 0 Å².